The molecule has 3 N–H and O–H groups in total. The molecule has 0 unspecified atom stereocenters. The smallest absolute Gasteiger partial charge is 0.270 e. The van der Waals surface area contributed by atoms with Crippen LogP contribution in [0.4, 0.5) is 4.39 Å². The number of nitrogens with one attached hydrogen (secondary N) is 1. The Balaban J connectivity index is 1.65. The van der Waals surface area contributed by atoms with E-state index in [0.29, 0.717) is 0 Å². The fourth-order valence-corrected chi connectivity index (χ4v) is 2.81. The number of amides is 1. The number of halogens is 1. The fourth-order valence-electron chi connectivity index (χ4n) is 2.81. The Morgan fingerprint density at radius 1 is 1.28 bits per heavy atom. The van der Waals surface area contributed by atoms with Crippen molar-refractivity contribution < 1.29 is 24.1 Å². The Labute approximate surface area is 144 Å². The number of aliphatic hydroxyl groups is 2. The van der Waals surface area contributed by atoms with Crippen molar-refractivity contribution in [2.24, 2.45) is 0 Å². The molecule has 7 heteroatoms. The summed E-state index contributed by atoms with van der Waals surface area (Å²) in [5.41, 5.74) is 1.15. The largest absolute Gasteiger partial charge is 0.487 e. The molecule has 0 spiro atoms. The Kier molecular flexibility index (Phi) is 4.96. The van der Waals surface area contributed by atoms with Crippen molar-refractivity contribution in [3.05, 3.63) is 59.7 Å². The number of pyridine rings is 1. The van der Waals surface area contributed by atoms with Gasteiger partial charge in [0, 0.05) is 18.7 Å². The van der Waals surface area contributed by atoms with Crippen molar-refractivity contribution >= 4 is 5.91 Å². The van der Waals surface area contributed by atoms with E-state index in [0.717, 1.165) is 5.56 Å². The normalized spacial score (nSPS) is 25.6. The highest BCUT2D eigenvalue weighted by molar-refractivity contribution is 5.92. The maximum absolute atomic E-state index is 13.2. The van der Waals surface area contributed by atoms with Crippen LogP contribution in [0.25, 0.3) is 0 Å². The van der Waals surface area contributed by atoms with Crippen molar-refractivity contribution in [3.63, 3.8) is 0 Å². The summed E-state index contributed by atoms with van der Waals surface area (Å²) in [4.78, 5) is 16.2. The molecule has 1 aromatic heterocycles. The molecule has 0 aliphatic heterocycles. The highest BCUT2D eigenvalue weighted by Gasteiger charge is 2.43. The van der Waals surface area contributed by atoms with Crippen molar-refractivity contribution in [3.8, 4) is 5.75 Å². The van der Waals surface area contributed by atoms with E-state index < -0.39 is 36.1 Å². The minimum absolute atomic E-state index is 0.191. The minimum Gasteiger partial charge on any atom is -0.487 e. The molecule has 1 fully saturated rings. The second kappa shape index (κ2) is 7.16. The van der Waals surface area contributed by atoms with Gasteiger partial charge in [-0.2, -0.15) is 0 Å². The first-order valence-corrected chi connectivity index (χ1v) is 7.96. The lowest BCUT2D eigenvalue weighted by Gasteiger charge is -2.18. The lowest BCUT2D eigenvalue weighted by atomic mass is 10.2. The van der Waals surface area contributed by atoms with E-state index in [1.165, 1.54) is 18.2 Å². The highest BCUT2D eigenvalue weighted by atomic mass is 19.1. The van der Waals surface area contributed by atoms with Gasteiger partial charge in [-0.3, -0.25) is 9.78 Å². The summed E-state index contributed by atoms with van der Waals surface area (Å²) >= 11 is 0. The molecular weight excluding hydrogens is 327 g/mol. The number of rotatable bonds is 4. The maximum atomic E-state index is 13.2. The molecule has 0 bridgehead atoms. The molecule has 1 aliphatic rings. The predicted molar refractivity (Wildman–Crippen MR) is 87.7 cm³/mol. The molecule has 132 valence electrons. The van der Waals surface area contributed by atoms with Crippen molar-refractivity contribution in [1.82, 2.24) is 10.3 Å². The number of aromatic nitrogens is 1. The van der Waals surface area contributed by atoms with Crippen LogP contribution in [0.3, 0.4) is 0 Å². The standard InChI is InChI=1S/C18H19FN2O4/c1-10-5-6-13(20-9-10)18(24)21-14-8-15(17(23)16(14)22)25-12-4-2-3-11(19)7-12/h2-7,9,14-17,22-23H,8H2,1H3,(H,21,24)/t14-,15-,16+,17+/m1/s1. The van der Waals surface area contributed by atoms with Crippen LogP contribution in [0, 0.1) is 12.7 Å². The molecule has 25 heavy (non-hydrogen) atoms. The lowest BCUT2D eigenvalue weighted by Crippen LogP contribution is -2.43. The van der Waals surface area contributed by atoms with Gasteiger partial charge in [0.25, 0.3) is 5.91 Å². The Morgan fingerprint density at radius 2 is 2.08 bits per heavy atom. The number of aliphatic hydroxyl groups excluding tert-OH is 2. The lowest BCUT2D eigenvalue weighted by molar-refractivity contribution is -0.0135. The average molecular weight is 346 g/mol. The Hall–Kier alpha value is -2.51. The van der Waals surface area contributed by atoms with E-state index in [2.05, 4.69) is 10.3 Å². The molecule has 4 atom stereocenters. The molecule has 1 heterocycles. The van der Waals surface area contributed by atoms with Gasteiger partial charge in [-0.15, -0.1) is 0 Å². The van der Waals surface area contributed by atoms with Crippen LogP contribution in [0.5, 0.6) is 5.75 Å². The number of carbonyl (C=O) groups is 1. The van der Waals surface area contributed by atoms with Crippen molar-refractivity contribution in [2.45, 2.75) is 37.7 Å². The fraction of sp³-hybridized carbons (Fsp3) is 0.333. The number of ether oxygens (including phenoxy) is 1. The first kappa shape index (κ1) is 17.3. The molecular formula is C18H19FN2O4. The Bertz CT molecular complexity index is 753. The van der Waals surface area contributed by atoms with Gasteiger partial charge < -0.3 is 20.3 Å². The third-order valence-corrected chi connectivity index (χ3v) is 4.17. The summed E-state index contributed by atoms with van der Waals surface area (Å²) in [6.07, 6.45) is -1.37. The zero-order valence-electron chi connectivity index (χ0n) is 13.6. The number of hydrogen-bond acceptors (Lipinski definition) is 5. The van der Waals surface area contributed by atoms with E-state index in [4.69, 9.17) is 4.74 Å². The van der Waals surface area contributed by atoms with Gasteiger partial charge in [0.2, 0.25) is 0 Å². The van der Waals surface area contributed by atoms with Crippen molar-refractivity contribution in [2.75, 3.05) is 0 Å². The molecule has 1 amide bonds. The van der Waals surface area contributed by atoms with Crippen LogP contribution in [0.2, 0.25) is 0 Å². The monoisotopic (exact) mass is 346 g/mol. The molecule has 2 aromatic rings. The molecule has 1 aromatic carbocycles. The van der Waals surface area contributed by atoms with Gasteiger partial charge in [0.05, 0.1) is 6.04 Å². The van der Waals surface area contributed by atoms with Crippen LogP contribution < -0.4 is 10.1 Å². The van der Waals surface area contributed by atoms with Gasteiger partial charge in [-0.25, -0.2) is 4.39 Å². The van der Waals surface area contributed by atoms with Gasteiger partial charge >= 0.3 is 0 Å². The predicted octanol–water partition coefficient (Wildman–Crippen LogP) is 1.20. The summed E-state index contributed by atoms with van der Waals surface area (Å²) < 4.78 is 18.8. The quantitative estimate of drug-likeness (QED) is 0.774. The molecule has 0 radical (unpaired) electrons. The second-order valence-electron chi connectivity index (χ2n) is 6.13. The van der Waals surface area contributed by atoms with Crippen LogP contribution in [-0.2, 0) is 0 Å². The van der Waals surface area contributed by atoms with Gasteiger partial charge in [0.1, 0.15) is 35.6 Å². The average Bonchev–Trinajstić information content (AvgIpc) is 2.83. The summed E-state index contributed by atoms with van der Waals surface area (Å²) in [6.45, 7) is 1.86. The third-order valence-electron chi connectivity index (χ3n) is 4.17. The van der Waals surface area contributed by atoms with Gasteiger partial charge in [-0.1, -0.05) is 12.1 Å². The zero-order valence-corrected chi connectivity index (χ0v) is 13.6. The first-order valence-electron chi connectivity index (χ1n) is 7.96. The number of aryl methyl sites for hydroxylation is 1. The Morgan fingerprint density at radius 3 is 2.76 bits per heavy atom. The summed E-state index contributed by atoms with van der Waals surface area (Å²) in [5, 5.41) is 23.0. The van der Waals surface area contributed by atoms with Crippen LogP contribution in [-0.4, -0.2) is 45.5 Å². The summed E-state index contributed by atoms with van der Waals surface area (Å²) in [6, 6.07) is 8.19. The van der Waals surface area contributed by atoms with E-state index in [1.807, 2.05) is 6.92 Å². The molecule has 3 rings (SSSR count). The van der Waals surface area contributed by atoms with E-state index in [-0.39, 0.29) is 17.9 Å². The molecule has 1 saturated carbocycles. The maximum Gasteiger partial charge on any atom is 0.270 e. The van der Waals surface area contributed by atoms with E-state index in [1.54, 1.807) is 24.4 Å². The SMILES string of the molecule is Cc1ccc(C(=O)N[C@@H]2C[C@@H](Oc3cccc(F)c3)[C@H](O)[C@H]2O)nc1. The van der Waals surface area contributed by atoms with Crippen LogP contribution >= 0.6 is 0 Å². The number of hydrogen-bond donors (Lipinski definition) is 3. The third kappa shape index (κ3) is 3.94. The number of nitrogens with zero attached hydrogens (tertiary/aromatic N) is 1. The molecule has 0 saturated heterocycles. The summed E-state index contributed by atoms with van der Waals surface area (Å²) in [7, 11) is 0. The van der Waals surface area contributed by atoms with Gasteiger partial charge in [-0.05, 0) is 30.7 Å². The van der Waals surface area contributed by atoms with Crippen LogP contribution in [0.1, 0.15) is 22.5 Å². The summed E-state index contributed by atoms with van der Waals surface area (Å²) in [5.74, 6) is -0.646. The van der Waals surface area contributed by atoms with Crippen molar-refractivity contribution in [1.29, 1.82) is 0 Å². The zero-order chi connectivity index (χ0) is 18.0. The van der Waals surface area contributed by atoms with Crippen LogP contribution in [0.15, 0.2) is 42.6 Å². The molecule has 6 nitrogen and oxygen atoms in total. The molecule has 1 aliphatic carbocycles. The second-order valence-corrected chi connectivity index (χ2v) is 6.13. The number of benzene rings is 1. The van der Waals surface area contributed by atoms with E-state index in [9.17, 15) is 19.4 Å². The first-order chi connectivity index (χ1) is 11.9. The topological polar surface area (TPSA) is 91.7 Å². The van der Waals surface area contributed by atoms with E-state index >= 15 is 0 Å². The number of carbonyl (C=O) groups excluding carboxylic acids is 1. The van der Waals surface area contributed by atoms with Gasteiger partial charge in [0.15, 0.2) is 0 Å². The minimum atomic E-state index is -1.19. The highest BCUT2D eigenvalue weighted by Crippen LogP contribution is 2.26.